The van der Waals surface area contributed by atoms with E-state index >= 15 is 0 Å². The van der Waals surface area contributed by atoms with E-state index in [0.29, 0.717) is 26.3 Å². The molecule has 130 valence electrons. The Morgan fingerprint density at radius 3 is 2.85 bits per heavy atom. The fourth-order valence-electron chi connectivity index (χ4n) is 2.52. The molecule has 5 nitrogen and oxygen atoms in total. The van der Waals surface area contributed by atoms with Gasteiger partial charge in [-0.1, -0.05) is 47.1 Å². The number of rotatable bonds is 4. The number of thioether (sulfide) groups is 1. The van der Waals surface area contributed by atoms with Crippen LogP contribution in [-0.2, 0) is 4.79 Å². The van der Waals surface area contributed by atoms with E-state index in [1.165, 1.54) is 18.1 Å². The lowest BCUT2D eigenvalue weighted by Gasteiger charge is -2.07. The molecule has 2 heterocycles. The first-order valence-electron chi connectivity index (χ1n) is 7.62. The number of carbonyl (C=O) groups is 1. The molecule has 0 radical (unpaired) electrons. The van der Waals surface area contributed by atoms with Crippen molar-refractivity contribution in [2.24, 2.45) is 0 Å². The third kappa shape index (κ3) is 3.35. The summed E-state index contributed by atoms with van der Waals surface area (Å²) in [7, 11) is 0. The molecule has 8 heteroatoms. The molecule has 0 saturated heterocycles. The van der Waals surface area contributed by atoms with Crippen LogP contribution in [0.5, 0.6) is 0 Å². The topological polar surface area (TPSA) is 68.0 Å². The number of hydrogen-bond acceptors (Lipinski definition) is 5. The summed E-state index contributed by atoms with van der Waals surface area (Å²) in [5, 5.41) is 5.19. The second kappa shape index (κ2) is 7.15. The van der Waals surface area contributed by atoms with E-state index in [-0.39, 0.29) is 11.7 Å². The number of halogens is 2. The van der Waals surface area contributed by atoms with Crippen LogP contribution in [0.15, 0.2) is 58.2 Å². The largest absolute Gasteiger partial charge is 0.451 e. The number of furan rings is 1. The van der Waals surface area contributed by atoms with Gasteiger partial charge in [-0.15, -0.1) is 0 Å². The van der Waals surface area contributed by atoms with Crippen LogP contribution in [0, 0.1) is 0 Å². The molecule has 1 N–H and O–H groups in total. The van der Waals surface area contributed by atoms with Crippen LogP contribution >= 0.6 is 35.0 Å². The third-order valence-electron chi connectivity index (χ3n) is 3.67. The number of fused-ring (bicyclic) bond motifs is 3. The zero-order valence-corrected chi connectivity index (χ0v) is 15.5. The van der Waals surface area contributed by atoms with Crippen molar-refractivity contribution >= 4 is 68.6 Å². The first-order valence-corrected chi connectivity index (χ1v) is 9.36. The van der Waals surface area contributed by atoms with Gasteiger partial charge in [-0.05, 0) is 30.3 Å². The standard InChI is InChI=1S/C18H11Cl2N3O2S/c19-10-5-6-13(12(20)7-10)23-15(24)8-26-18-17-16(21-9-22-18)11-3-1-2-4-14(11)25-17/h1-7,9H,8H2,(H,23,24). The van der Waals surface area contributed by atoms with Gasteiger partial charge in [0.25, 0.3) is 0 Å². The molecule has 0 aliphatic carbocycles. The molecule has 2 aromatic carbocycles. The highest BCUT2D eigenvalue weighted by Crippen LogP contribution is 2.32. The zero-order chi connectivity index (χ0) is 18.1. The van der Waals surface area contributed by atoms with Crippen LogP contribution in [0.1, 0.15) is 0 Å². The smallest absolute Gasteiger partial charge is 0.234 e. The second-order valence-corrected chi connectivity index (χ2v) is 7.22. The summed E-state index contributed by atoms with van der Waals surface area (Å²) in [4.78, 5) is 20.8. The Bertz CT molecular complexity index is 1130. The summed E-state index contributed by atoms with van der Waals surface area (Å²) < 4.78 is 5.85. The van der Waals surface area contributed by atoms with Gasteiger partial charge in [-0.25, -0.2) is 9.97 Å². The highest BCUT2D eigenvalue weighted by molar-refractivity contribution is 8.00. The van der Waals surface area contributed by atoms with E-state index in [2.05, 4.69) is 15.3 Å². The molecular weight excluding hydrogens is 393 g/mol. The van der Waals surface area contributed by atoms with Crippen molar-refractivity contribution < 1.29 is 9.21 Å². The van der Waals surface area contributed by atoms with Crippen LogP contribution in [0.2, 0.25) is 10.0 Å². The van der Waals surface area contributed by atoms with Crippen molar-refractivity contribution in [2.45, 2.75) is 5.03 Å². The normalized spacial score (nSPS) is 11.2. The van der Waals surface area contributed by atoms with Crippen LogP contribution in [0.4, 0.5) is 5.69 Å². The molecule has 0 unspecified atom stereocenters. The van der Waals surface area contributed by atoms with Gasteiger partial charge in [0.05, 0.1) is 16.5 Å². The summed E-state index contributed by atoms with van der Waals surface area (Å²) in [6.07, 6.45) is 1.47. The number of amides is 1. The molecule has 0 aliphatic rings. The molecule has 2 aromatic heterocycles. The van der Waals surface area contributed by atoms with Crippen LogP contribution in [0.25, 0.3) is 22.1 Å². The molecular formula is C18H11Cl2N3O2S. The first-order chi connectivity index (χ1) is 12.6. The van der Waals surface area contributed by atoms with Crippen molar-refractivity contribution in [3.63, 3.8) is 0 Å². The van der Waals surface area contributed by atoms with Gasteiger partial charge in [0.2, 0.25) is 5.91 Å². The number of benzene rings is 2. The minimum Gasteiger partial charge on any atom is -0.451 e. The van der Waals surface area contributed by atoms with Crippen LogP contribution in [-0.4, -0.2) is 21.6 Å². The lowest BCUT2D eigenvalue weighted by atomic mass is 10.2. The molecule has 26 heavy (non-hydrogen) atoms. The Morgan fingerprint density at radius 1 is 1.15 bits per heavy atom. The minimum absolute atomic E-state index is 0.155. The van der Waals surface area contributed by atoms with Gasteiger partial charge < -0.3 is 9.73 Å². The summed E-state index contributed by atoms with van der Waals surface area (Å²) >= 11 is 13.2. The lowest BCUT2D eigenvalue weighted by Crippen LogP contribution is -2.14. The molecule has 1 amide bonds. The van der Waals surface area contributed by atoms with Gasteiger partial charge >= 0.3 is 0 Å². The lowest BCUT2D eigenvalue weighted by molar-refractivity contribution is -0.113. The van der Waals surface area contributed by atoms with Gasteiger partial charge in [-0.2, -0.15) is 0 Å². The van der Waals surface area contributed by atoms with Crippen molar-refractivity contribution in [3.8, 4) is 0 Å². The monoisotopic (exact) mass is 403 g/mol. The number of nitrogens with one attached hydrogen (secondary N) is 1. The number of anilines is 1. The second-order valence-electron chi connectivity index (χ2n) is 5.42. The molecule has 0 spiro atoms. The summed E-state index contributed by atoms with van der Waals surface area (Å²) in [5.41, 5.74) is 2.57. The van der Waals surface area contributed by atoms with Crippen molar-refractivity contribution in [1.29, 1.82) is 0 Å². The Balaban J connectivity index is 1.53. The van der Waals surface area contributed by atoms with Crippen LogP contribution < -0.4 is 5.32 Å². The highest BCUT2D eigenvalue weighted by Gasteiger charge is 2.15. The average molecular weight is 404 g/mol. The Kier molecular flexibility index (Phi) is 4.72. The third-order valence-corrected chi connectivity index (χ3v) is 5.19. The van der Waals surface area contributed by atoms with E-state index in [1.54, 1.807) is 18.2 Å². The fraction of sp³-hybridized carbons (Fsp3) is 0.0556. The van der Waals surface area contributed by atoms with Crippen molar-refractivity contribution in [1.82, 2.24) is 9.97 Å². The minimum atomic E-state index is -0.206. The Labute approximate surface area is 162 Å². The Hall–Kier alpha value is -2.28. The molecule has 0 bridgehead atoms. The van der Waals surface area contributed by atoms with Gasteiger partial charge in [-0.3, -0.25) is 4.79 Å². The number of aromatic nitrogens is 2. The van der Waals surface area contributed by atoms with Gasteiger partial charge in [0.1, 0.15) is 22.5 Å². The molecule has 0 aliphatic heterocycles. The number of carbonyl (C=O) groups excluding carboxylic acids is 1. The highest BCUT2D eigenvalue weighted by atomic mass is 35.5. The summed E-state index contributed by atoms with van der Waals surface area (Å²) in [6, 6.07) is 12.5. The molecule has 0 atom stereocenters. The Morgan fingerprint density at radius 2 is 2.00 bits per heavy atom. The predicted octanol–water partition coefficient (Wildman–Crippen LogP) is 5.41. The van der Waals surface area contributed by atoms with E-state index in [9.17, 15) is 4.79 Å². The zero-order valence-electron chi connectivity index (χ0n) is 13.2. The molecule has 0 saturated carbocycles. The van der Waals surface area contributed by atoms with Crippen LogP contribution in [0.3, 0.4) is 0 Å². The van der Waals surface area contributed by atoms with E-state index in [1.807, 2.05) is 24.3 Å². The summed E-state index contributed by atoms with van der Waals surface area (Å²) in [6.45, 7) is 0. The van der Waals surface area contributed by atoms with Crippen molar-refractivity contribution in [2.75, 3.05) is 11.1 Å². The molecule has 4 rings (SSSR count). The maximum atomic E-state index is 12.2. The summed E-state index contributed by atoms with van der Waals surface area (Å²) in [5.74, 6) is -0.0515. The average Bonchev–Trinajstić information content (AvgIpc) is 3.02. The van der Waals surface area contributed by atoms with E-state index < -0.39 is 0 Å². The molecule has 4 aromatic rings. The van der Waals surface area contributed by atoms with Gasteiger partial charge in [0, 0.05) is 10.4 Å². The van der Waals surface area contributed by atoms with Gasteiger partial charge in [0.15, 0.2) is 5.58 Å². The first kappa shape index (κ1) is 17.1. The quantitative estimate of drug-likeness (QED) is 0.364. The van der Waals surface area contributed by atoms with E-state index in [0.717, 1.165) is 16.5 Å². The van der Waals surface area contributed by atoms with E-state index in [4.69, 9.17) is 27.6 Å². The maximum absolute atomic E-state index is 12.2. The van der Waals surface area contributed by atoms with Crippen molar-refractivity contribution in [3.05, 3.63) is 58.8 Å². The number of nitrogens with zero attached hydrogens (tertiary/aromatic N) is 2. The fourth-order valence-corrected chi connectivity index (χ4v) is 3.70. The molecule has 0 fully saturated rings. The maximum Gasteiger partial charge on any atom is 0.234 e. The SMILES string of the molecule is O=C(CSc1ncnc2c1oc1ccccc12)Nc1ccc(Cl)cc1Cl. The number of para-hydroxylation sites is 1. The predicted molar refractivity (Wildman–Crippen MR) is 105 cm³/mol. The number of hydrogen-bond donors (Lipinski definition) is 1.